The van der Waals surface area contributed by atoms with Gasteiger partial charge < -0.3 is 14.5 Å². The molecule has 3 aromatic rings. The lowest BCUT2D eigenvalue weighted by atomic mass is 9.96. The largest absolute Gasteiger partial charge is 0.481 e. The summed E-state index contributed by atoms with van der Waals surface area (Å²) in [6.07, 6.45) is -0.520. The zero-order valence-corrected chi connectivity index (χ0v) is 18.9. The fourth-order valence-corrected chi connectivity index (χ4v) is 3.76. The van der Waals surface area contributed by atoms with Gasteiger partial charge in [0, 0.05) is 31.6 Å². The van der Waals surface area contributed by atoms with Crippen molar-refractivity contribution in [1.82, 2.24) is 24.7 Å². The van der Waals surface area contributed by atoms with Gasteiger partial charge in [-0.2, -0.15) is 4.52 Å². The lowest BCUT2D eigenvalue weighted by Crippen LogP contribution is -2.52. The highest BCUT2D eigenvalue weighted by molar-refractivity contribution is 5.81. The first-order valence-electron chi connectivity index (χ1n) is 10.7. The number of anilines is 1. The van der Waals surface area contributed by atoms with Gasteiger partial charge in [-0.05, 0) is 37.6 Å². The smallest absolute Gasteiger partial charge is 0.263 e. The molecule has 1 aliphatic heterocycles. The molecule has 4 rings (SSSR count). The fraction of sp³-hybridized carbons (Fsp3) is 0.478. The normalized spacial score (nSPS) is 15.9. The predicted molar refractivity (Wildman–Crippen MR) is 120 cm³/mol. The molecule has 1 atom stereocenters. The molecule has 0 radical (unpaired) electrons. The molecular formula is C23H30N6O2. The van der Waals surface area contributed by atoms with Gasteiger partial charge in [0.25, 0.3) is 5.91 Å². The minimum Gasteiger partial charge on any atom is -0.481 e. The van der Waals surface area contributed by atoms with Crippen molar-refractivity contribution in [2.24, 2.45) is 0 Å². The van der Waals surface area contributed by atoms with Crippen LogP contribution >= 0.6 is 0 Å². The molecule has 2 aromatic heterocycles. The summed E-state index contributed by atoms with van der Waals surface area (Å²) in [5.74, 6) is 2.47. The maximum absolute atomic E-state index is 12.9. The van der Waals surface area contributed by atoms with Gasteiger partial charge in [0.1, 0.15) is 11.6 Å². The number of piperazine rings is 1. The highest BCUT2D eigenvalue weighted by atomic mass is 16.5. The number of carbonyl (C=O) groups is 1. The SMILES string of the molecule is Cc1ccccc1OC(C)C(=O)N1CCN(c2ccc3nnc(C(C)(C)C)n3n2)CC1. The average Bonchev–Trinajstić information content (AvgIpc) is 3.19. The average molecular weight is 423 g/mol. The first kappa shape index (κ1) is 21.1. The summed E-state index contributed by atoms with van der Waals surface area (Å²) in [6.45, 7) is 12.8. The molecular weight excluding hydrogens is 392 g/mol. The second-order valence-corrected chi connectivity index (χ2v) is 9.07. The monoisotopic (exact) mass is 422 g/mol. The van der Waals surface area contributed by atoms with Crippen LogP contribution in [-0.2, 0) is 10.2 Å². The van der Waals surface area contributed by atoms with E-state index in [1.165, 1.54) is 0 Å². The van der Waals surface area contributed by atoms with E-state index < -0.39 is 6.10 Å². The summed E-state index contributed by atoms with van der Waals surface area (Å²) in [4.78, 5) is 17.0. The minimum atomic E-state index is -0.520. The molecule has 0 spiro atoms. The van der Waals surface area contributed by atoms with Crippen LogP contribution in [0.4, 0.5) is 5.82 Å². The highest BCUT2D eigenvalue weighted by Gasteiger charge is 2.28. The van der Waals surface area contributed by atoms with Crippen LogP contribution in [0.3, 0.4) is 0 Å². The van der Waals surface area contributed by atoms with E-state index >= 15 is 0 Å². The Bertz CT molecular complexity index is 1080. The third-order valence-electron chi connectivity index (χ3n) is 5.58. The van der Waals surface area contributed by atoms with E-state index in [1.54, 1.807) is 0 Å². The molecule has 1 aromatic carbocycles. The van der Waals surface area contributed by atoms with Crippen LogP contribution in [0.2, 0.25) is 0 Å². The maximum atomic E-state index is 12.9. The Labute approximate surface area is 182 Å². The van der Waals surface area contributed by atoms with E-state index in [0.717, 1.165) is 28.6 Å². The molecule has 0 saturated carbocycles. The second-order valence-electron chi connectivity index (χ2n) is 9.07. The van der Waals surface area contributed by atoms with Crippen molar-refractivity contribution in [3.63, 3.8) is 0 Å². The Morgan fingerprint density at radius 1 is 1.03 bits per heavy atom. The molecule has 1 unspecified atom stereocenters. The molecule has 0 aliphatic carbocycles. The van der Waals surface area contributed by atoms with Crippen LogP contribution in [0, 0.1) is 6.92 Å². The van der Waals surface area contributed by atoms with Gasteiger partial charge in [0.05, 0.1) is 0 Å². The Kier molecular flexibility index (Phi) is 5.56. The lowest BCUT2D eigenvalue weighted by molar-refractivity contribution is -0.138. The van der Waals surface area contributed by atoms with Gasteiger partial charge in [-0.3, -0.25) is 4.79 Å². The first-order chi connectivity index (χ1) is 14.7. The third kappa shape index (κ3) is 4.33. The lowest BCUT2D eigenvalue weighted by Gasteiger charge is -2.36. The summed E-state index contributed by atoms with van der Waals surface area (Å²) < 4.78 is 7.75. The number of carbonyl (C=O) groups excluding carboxylic acids is 1. The number of nitrogens with zero attached hydrogens (tertiary/aromatic N) is 6. The van der Waals surface area contributed by atoms with E-state index in [1.807, 2.05) is 59.7 Å². The number of ether oxygens (including phenoxy) is 1. The van der Waals surface area contributed by atoms with Crippen LogP contribution in [0.25, 0.3) is 5.65 Å². The van der Waals surface area contributed by atoms with Gasteiger partial charge >= 0.3 is 0 Å². The number of aryl methyl sites for hydroxylation is 1. The number of para-hydroxylation sites is 1. The minimum absolute atomic E-state index is 0.0140. The van der Waals surface area contributed by atoms with Gasteiger partial charge in [-0.15, -0.1) is 15.3 Å². The van der Waals surface area contributed by atoms with Gasteiger partial charge in [0.2, 0.25) is 0 Å². The number of benzene rings is 1. The van der Waals surface area contributed by atoms with E-state index in [4.69, 9.17) is 9.84 Å². The summed E-state index contributed by atoms with van der Waals surface area (Å²) >= 11 is 0. The van der Waals surface area contributed by atoms with Crippen molar-refractivity contribution >= 4 is 17.4 Å². The summed E-state index contributed by atoms with van der Waals surface area (Å²) in [5, 5.41) is 13.3. The molecule has 1 saturated heterocycles. The molecule has 164 valence electrons. The first-order valence-corrected chi connectivity index (χ1v) is 10.7. The molecule has 8 nitrogen and oxygen atoms in total. The van der Waals surface area contributed by atoms with Gasteiger partial charge in [-0.1, -0.05) is 39.0 Å². The number of hydrogen-bond acceptors (Lipinski definition) is 6. The van der Waals surface area contributed by atoms with E-state index in [0.29, 0.717) is 26.2 Å². The topological polar surface area (TPSA) is 75.9 Å². The third-order valence-corrected chi connectivity index (χ3v) is 5.58. The summed E-state index contributed by atoms with van der Waals surface area (Å²) in [5.41, 5.74) is 1.62. The molecule has 1 amide bonds. The molecule has 1 fully saturated rings. The van der Waals surface area contributed by atoms with Crippen molar-refractivity contribution in [3.8, 4) is 5.75 Å². The van der Waals surface area contributed by atoms with Crippen molar-refractivity contribution in [2.45, 2.75) is 46.1 Å². The van der Waals surface area contributed by atoms with Crippen molar-refractivity contribution in [3.05, 3.63) is 47.8 Å². The van der Waals surface area contributed by atoms with Crippen LogP contribution in [0.5, 0.6) is 5.75 Å². The van der Waals surface area contributed by atoms with Gasteiger partial charge in [-0.25, -0.2) is 0 Å². The van der Waals surface area contributed by atoms with Crippen LogP contribution in [0.15, 0.2) is 36.4 Å². The van der Waals surface area contributed by atoms with Crippen molar-refractivity contribution in [1.29, 1.82) is 0 Å². The Morgan fingerprint density at radius 2 is 1.74 bits per heavy atom. The Balaban J connectivity index is 1.41. The maximum Gasteiger partial charge on any atom is 0.263 e. The Morgan fingerprint density at radius 3 is 2.42 bits per heavy atom. The van der Waals surface area contributed by atoms with E-state index in [9.17, 15) is 4.79 Å². The number of fused-ring (bicyclic) bond motifs is 1. The fourth-order valence-electron chi connectivity index (χ4n) is 3.76. The quantitative estimate of drug-likeness (QED) is 0.644. The van der Waals surface area contributed by atoms with Gasteiger partial charge in [0.15, 0.2) is 17.6 Å². The zero-order valence-electron chi connectivity index (χ0n) is 18.9. The molecule has 3 heterocycles. The van der Waals surface area contributed by atoms with Crippen molar-refractivity contribution < 1.29 is 9.53 Å². The molecule has 1 aliphatic rings. The number of aromatic nitrogens is 4. The molecule has 0 bridgehead atoms. The van der Waals surface area contributed by atoms with Crippen LogP contribution in [0.1, 0.15) is 39.1 Å². The van der Waals surface area contributed by atoms with Crippen molar-refractivity contribution in [2.75, 3.05) is 31.1 Å². The summed E-state index contributed by atoms with van der Waals surface area (Å²) in [7, 11) is 0. The van der Waals surface area contributed by atoms with Crippen LogP contribution < -0.4 is 9.64 Å². The molecule has 8 heteroatoms. The number of amides is 1. The zero-order chi connectivity index (χ0) is 22.2. The predicted octanol–water partition coefficient (Wildman–Crippen LogP) is 2.85. The van der Waals surface area contributed by atoms with E-state index in [-0.39, 0.29) is 11.3 Å². The second kappa shape index (κ2) is 8.17. The van der Waals surface area contributed by atoms with E-state index in [2.05, 4.69) is 35.9 Å². The summed E-state index contributed by atoms with van der Waals surface area (Å²) in [6, 6.07) is 11.7. The van der Waals surface area contributed by atoms with Crippen LogP contribution in [-0.4, -0.2) is 62.9 Å². The molecule has 0 N–H and O–H groups in total. The standard InChI is InChI=1S/C23H30N6O2/c1-16-8-6-7-9-18(16)31-17(2)21(30)28-14-12-27(13-15-28)20-11-10-19-24-25-22(23(3,4)5)29(19)26-20/h6-11,17H,12-15H2,1-5H3. The Hall–Kier alpha value is -3.16. The number of rotatable bonds is 4. The molecule has 31 heavy (non-hydrogen) atoms. The number of hydrogen-bond donors (Lipinski definition) is 0. The highest BCUT2D eigenvalue weighted by Crippen LogP contribution is 2.23.